The largest absolute Gasteiger partial charge is 0.493 e. The molecule has 2 amide bonds. The van der Waals surface area contributed by atoms with Crippen molar-refractivity contribution in [2.45, 2.75) is 45.4 Å². The quantitative estimate of drug-likeness (QED) is 0.542. The molecule has 2 aliphatic rings. The molecule has 0 spiro atoms. The molecule has 182 valence electrons. The molecule has 2 aliphatic heterocycles. The van der Waals surface area contributed by atoms with E-state index in [1.165, 1.54) is 12.1 Å². The summed E-state index contributed by atoms with van der Waals surface area (Å²) in [7, 11) is 0. The lowest BCUT2D eigenvalue weighted by atomic mass is 9.77. The molecule has 0 N–H and O–H groups in total. The summed E-state index contributed by atoms with van der Waals surface area (Å²) in [6.07, 6.45) is 5.00. The molecule has 2 fully saturated rings. The van der Waals surface area contributed by atoms with Gasteiger partial charge in [0.1, 0.15) is 11.6 Å². The van der Waals surface area contributed by atoms with Crippen LogP contribution in [0.3, 0.4) is 0 Å². The minimum atomic E-state index is -0.540. The maximum Gasteiger partial charge on any atom is 0.256 e. The normalized spacial score (nSPS) is 20.8. The Morgan fingerprint density at radius 1 is 1.03 bits per heavy atom. The Hall–Kier alpha value is -2.60. The van der Waals surface area contributed by atoms with Crippen molar-refractivity contribution in [1.82, 2.24) is 9.80 Å². The molecule has 0 aromatic heterocycles. The van der Waals surface area contributed by atoms with Gasteiger partial charge in [0, 0.05) is 43.0 Å². The Balaban J connectivity index is 1.55. The van der Waals surface area contributed by atoms with E-state index in [1.807, 2.05) is 24.0 Å². The Labute approximate surface area is 205 Å². The number of piperidine rings is 2. The lowest BCUT2D eigenvalue weighted by molar-refractivity contribution is -0.136. The van der Waals surface area contributed by atoms with Crippen molar-refractivity contribution in [2.24, 2.45) is 5.41 Å². The monoisotopic (exact) mass is 486 g/mol. The highest BCUT2D eigenvalue weighted by atomic mass is 35.5. The molecule has 4 rings (SSSR count). The van der Waals surface area contributed by atoms with Crippen molar-refractivity contribution < 1.29 is 18.7 Å². The number of hydrogen-bond acceptors (Lipinski definition) is 3. The van der Waals surface area contributed by atoms with Crippen LogP contribution < -0.4 is 4.74 Å². The van der Waals surface area contributed by atoms with E-state index in [0.717, 1.165) is 50.8 Å². The third kappa shape index (κ3) is 5.72. The van der Waals surface area contributed by atoms with Crippen LogP contribution in [0.1, 0.15) is 54.4 Å². The topological polar surface area (TPSA) is 49.9 Å². The van der Waals surface area contributed by atoms with Crippen molar-refractivity contribution in [1.29, 1.82) is 0 Å². The molecule has 5 nitrogen and oxygen atoms in total. The number of nitrogens with zero attached hydrogens (tertiary/aromatic N) is 2. The van der Waals surface area contributed by atoms with Gasteiger partial charge in [0.25, 0.3) is 5.91 Å². The number of hydrogen-bond donors (Lipinski definition) is 0. The molecular formula is C27H32ClFN2O3. The van der Waals surface area contributed by atoms with Crippen molar-refractivity contribution in [2.75, 3.05) is 32.8 Å². The average molecular weight is 487 g/mol. The first-order valence-corrected chi connectivity index (χ1v) is 12.5. The van der Waals surface area contributed by atoms with E-state index >= 15 is 0 Å². The van der Waals surface area contributed by atoms with Crippen molar-refractivity contribution in [3.05, 3.63) is 64.4 Å². The first-order valence-electron chi connectivity index (χ1n) is 12.1. The predicted octanol–water partition coefficient (Wildman–Crippen LogP) is 5.49. The van der Waals surface area contributed by atoms with Crippen LogP contribution in [0.2, 0.25) is 5.02 Å². The second-order valence-corrected chi connectivity index (χ2v) is 10.0. The fourth-order valence-corrected chi connectivity index (χ4v) is 5.14. The number of halogens is 2. The van der Waals surface area contributed by atoms with Crippen LogP contribution in [0, 0.1) is 18.2 Å². The highest BCUT2D eigenvalue weighted by Gasteiger charge is 2.41. The van der Waals surface area contributed by atoms with Crippen molar-refractivity contribution >= 4 is 23.4 Å². The summed E-state index contributed by atoms with van der Waals surface area (Å²) in [5.74, 6) is -0.0732. The van der Waals surface area contributed by atoms with Gasteiger partial charge in [-0.2, -0.15) is 0 Å². The summed E-state index contributed by atoms with van der Waals surface area (Å²) in [5.41, 5.74) is 0.439. The smallest absolute Gasteiger partial charge is 0.256 e. The van der Waals surface area contributed by atoms with Crippen LogP contribution in [0.15, 0.2) is 42.5 Å². The Morgan fingerprint density at radius 2 is 1.76 bits per heavy atom. The highest BCUT2D eigenvalue weighted by Crippen LogP contribution is 2.36. The summed E-state index contributed by atoms with van der Waals surface area (Å²) in [6.45, 7) is 4.67. The van der Waals surface area contributed by atoms with Crippen molar-refractivity contribution in [3.8, 4) is 5.75 Å². The molecule has 0 aliphatic carbocycles. The lowest BCUT2D eigenvalue weighted by Gasteiger charge is -2.43. The van der Waals surface area contributed by atoms with E-state index < -0.39 is 11.2 Å². The molecule has 0 saturated carbocycles. The summed E-state index contributed by atoms with van der Waals surface area (Å²) >= 11 is 6.16. The molecule has 1 unspecified atom stereocenters. The number of benzene rings is 2. The van der Waals surface area contributed by atoms with Gasteiger partial charge in [-0.25, -0.2) is 4.39 Å². The zero-order chi connectivity index (χ0) is 24.1. The highest BCUT2D eigenvalue weighted by molar-refractivity contribution is 6.31. The maximum atomic E-state index is 14.3. The number of ether oxygens (including phenoxy) is 1. The number of carbonyl (C=O) groups is 2. The first-order chi connectivity index (χ1) is 16.4. The standard InChI is InChI=1S/C27H32ClFN2O3/c1-20-16-21(10-11-23(20)28)34-19-27(17-25(32)30-13-5-2-6-14-30)12-7-15-31(18-27)26(33)22-8-3-4-9-24(22)29/h3-4,8-11,16H,2,5-7,12-15,17-19H2,1H3. The molecule has 2 heterocycles. The number of likely N-dealkylation sites (tertiary alicyclic amines) is 2. The molecule has 2 aromatic carbocycles. The van der Waals surface area contributed by atoms with E-state index in [4.69, 9.17) is 16.3 Å². The molecule has 0 bridgehead atoms. The van der Waals surface area contributed by atoms with Crippen LogP contribution in [-0.4, -0.2) is 54.4 Å². The van der Waals surface area contributed by atoms with Gasteiger partial charge in [-0.15, -0.1) is 0 Å². The van der Waals surface area contributed by atoms with E-state index in [0.29, 0.717) is 36.9 Å². The SMILES string of the molecule is Cc1cc(OCC2(CC(=O)N3CCCCC3)CCCN(C(=O)c3ccccc3F)C2)ccc1Cl. The summed E-state index contributed by atoms with van der Waals surface area (Å²) in [5, 5.41) is 0.668. The fourth-order valence-electron chi connectivity index (χ4n) is 5.02. The van der Waals surface area contributed by atoms with Gasteiger partial charge in [-0.3, -0.25) is 9.59 Å². The number of rotatable bonds is 6. The molecule has 2 aromatic rings. The van der Waals surface area contributed by atoms with Crippen LogP contribution in [0.5, 0.6) is 5.75 Å². The third-order valence-corrected chi connectivity index (χ3v) is 7.39. The van der Waals surface area contributed by atoms with Crippen LogP contribution in [0.4, 0.5) is 4.39 Å². The summed E-state index contributed by atoms with van der Waals surface area (Å²) < 4.78 is 20.5. The molecular weight excluding hydrogens is 455 g/mol. The van der Waals surface area contributed by atoms with Gasteiger partial charge < -0.3 is 14.5 Å². The molecule has 1 atom stereocenters. The van der Waals surface area contributed by atoms with E-state index in [1.54, 1.807) is 23.1 Å². The fraction of sp³-hybridized carbons (Fsp3) is 0.481. The zero-order valence-electron chi connectivity index (χ0n) is 19.7. The van der Waals surface area contributed by atoms with Crippen LogP contribution >= 0.6 is 11.6 Å². The summed E-state index contributed by atoms with van der Waals surface area (Å²) in [6, 6.07) is 11.6. The number of amides is 2. The number of aryl methyl sites for hydroxylation is 1. The minimum Gasteiger partial charge on any atom is -0.493 e. The van der Waals surface area contributed by atoms with E-state index in [-0.39, 0.29) is 17.4 Å². The second kappa shape index (κ2) is 10.8. The van der Waals surface area contributed by atoms with Gasteiger partial charge in [0.15, 0.2) is 0 Å². The predicted molar refractivity (Wildman–Crippen MR) is 131 cm³/mol. The van der Waals surface area contributed by atoms with E-state index in [9.17, 15) is 14.0 Å². The minimum absolute atomic E-state index is 0.0647. The second-order valence-electron chi connectivity index (χ2n) is 9.63. The van der Waals surface area contributed by atoms with Crippen LogP contribution in [0.25, 0.3) is 0 Å². The first kappa shape index (κ1) is 24.5. The Bertz CT molecular complexity index is 1040. The van der Waals surface area contributed by atoms with E-state index in [2.05, 4.69) is 0 Å². The zero-order valence-corrected chi connectivity index (χ0v) is 20.5. The lowest BCUT2D eigenvalue weighted by Crippen LogP contribution is -2.51. The Morgan fingerprint density at radius 3 is 2.50 bits per heavy atom. The average Bonchev–Trinajstić information content (AvgIpc) is 2.85. The maximum absolute atomic E-state index is 14.3. The molecule has 7 heteroatoms. The summed E-state index contributed by atoms with van der Waals surface area (Å²) in [4.78, 5) is 30.1. The molecule has 34 heavy (non-hydrogen) atoms. The number of carbonyl (C=O) groups excluding carboxylic acids is 2. The van der Waals surface area contributed by atoms with Crippen LogP contribution in [-0.2, 0) is 4.79 Å². The molecule has 0 radical (unpaired) electrons. The molecule has 2 saturated heterocycles. The van der Waals surface area contributed by atoms with Gasteiger partial charge in [-0.1, -0.05) is 23.7 Å². The van der Waals surface area contributed by atoms with Gasteiger partial charge in [0.05, 0.1) is 12.2 Å². The third-order valence-electron chi connectivity index (χ3n) is 6.96. The van der Waals surface area contributed by atoms with Crippen molar-refractivity contribution in [3.63, 3.8) is 0 Å². The Kier molecular flexibility index (Phi) is 7.77. The van der Waals surface area contributed by atoms with Gasteiger partial charge >= 0.3 is 0 Å². The van der Waals surface area contributed by atoms with Gasteiger partial charge in [-0.05, 0) is 74.9 Å². The van der Waals surface area contributed by atoms with Gasteiger partial charge in [0.2, 0.25) is 5.91 Å².